The lowest BCUT2D eigenvalue weighted by Crippen LogP contribution is -2.36. The highest BCUT2D eigenvalue weighted by molar-refractivity contribution is 5.87. The average molecular weight is 296 g/mol. The molecule has 1 amide bonds. The van der Waals surface area contributed by atoms with E-state index in [0.717, 1.165) is 0 Å². The van der Waals surface area contributed by atoms with Gasteiger partial charge in [0.25, 0.3) is 0 Å². The number of anilines is 1. The fourth-order valence-electron chi connectivity index (χ4n) is 2.00. The quantitative estimate of drug-likeness (QED) is 0.624. The van der Waals surface area contributed by atoms with Crippen molar-refractivity contribution >= 4 is 17.7 Å². The van der Waals surface area contributed by atoms with Gasteiger partial charge in [-0.1, -0.05) is 12.1 Å². The van der Waals surface area contributed by atoms with Crippen LogP contribution in [0.15, 0.2) is 23.2 Å². The van der Waals surface area contributed by atoms with Gasteiger partial charge < -0.3 is 25.8 Å². The van der Waals surface area contributed by atoms with E-state index in [1.807, 2.05) is 4.90 Å². The lowest BCUT2D eigenvalue weighted by atomic mass is 10.1. The highest BCUT2D eigenvalue weighted by Gasteiger charge is 2.17. The highest BCUT2D eigenvalue weighted by Crippen LogP contribution is 2.23. The van der Waals surface area contributed by atoms with Crippen LogP contribution in [0.1, 0.15) is 5.56 Å². The van der Waals surface area contributed by atoms with Crippen LogP contribution in [0.25, 0.3) is 0 Å². The minimum absolute atomic E-state index is 0.236. The zero-order valence-corrected chi connectivity index (χ0v) is 11.4. The second kappa shape index (κ2) is 6.89. The van der Waals surface area contributed by atoms with Crippen molar-refractivity contribution in [2.45, 2.75) is 6.61 Å². The van der Waals surface area contributed by atoms with Gasteiger partial charge in [0.05, 0.1) is 18.9 Å². The van der Waals surface area contributed by atoms with E-state index in [4.69, 9.17) is 20.9 Å². The van der Waals surface area contributed by atoms with Crippen LogP contribution in [0.4, 0.5) is 14.9 Å². The molecule has 0 unspecified atom stereocenters. The van der Waals surface area contributed by atoms with Crippen LogP contribution in [-0.4, -0.2) is 38.4 Å². The number of rotatable bonds is 3. The average Bonchev–Trinajstić information content (AvgIpc) is 2.46. The number of carbonyl (C=O) groups is 1. The Balaban J connectivity index is 2.07. The molecular weight excluding hydrogens is 279 g/mol. The number of benzene rings is 1. The van der Waals surface area contributed by atoms with Crippen LogP contribution in [-0.2, 0) is 16.1 Å². The number of guanidine groups is 1. The molecule has 0 aliphatic carbocycles. The van der Waals surface area contributed by atoms with Crippen molar-refractivity contribution in [1.82, 2.24) is 0 Å². The Kier molecular flexibility index (Phi) is 4.94. The SMILES string of the molecule is NC(N)=NC(=O)OCc1cccc(N2CCOCC2)c1F. The highest BCUT2D eigenvalue weighted by atomic mass is 19.1. The Morgan fingerprint density at radius 3 is 2.76 bits per heavy atom. The summed E-state index contributed by atoms with van der Waals surface area (Å²) in [5.74, 6) is -0.820. The summed E-state index contributed by atoms with van der Waals surface area (Å²) < 4.78 is 24.4. The molecule has 1 aliphatic rings. The molecule has 1 aromatic carbocycles. The number of nitrogens with two attached hydrogens (primary N) is 2. The molecule has 4 N–H and O–H groups in total. The van der Waals surface area contributed by atoms with Crippen LogP contribution in [0.5, 0.6) is 0 Å². The number of amides is 1. The van der Waals surface area contributed by atoms with Crippen LogP contribution < -0.4 is 16.4 Å². The molecule has 0 radical (unpaired) electrons. The first kappa shape index (κ1) is 15.0. The van der Waals surface area contributed by atoms with Crippen LogP contribution >= 0.6 is 0 Å². The summed E-state index contributed by atoms with van der Waals surface area (Å²) in [6.07, 6.45) is -0.953. The monoisotopic (exact) mass is 296 g/mol. The Bertz CT molecular complexity index is 540. The number of hydrogen-bond acceptors (Lipinski definition) is 4. The maximum Gasteiger partial charge on any atom is 0.437 e. The van der Waals surface area contributed by atoms with Gasteiger partial charge in [0.2, 0.25) is 0 Å². The molecule has 1 heterocycles. The van der Waals surface area contributed by atoms with Gasteiger partial charge in [-0.3, -0.25) is 0 Å². The van der Waals surface area contributed by atoms with Crippen molar-refractivity contribution in [3.05, 3.63) is 29.6 Å². The number of carbonyl (C=O) groups excluding carboxylic acids is 1. The third-order valence-corrected chi connectivity index (χ3v) is 2.98. The number of ether oxygens (including phenoxy) is 2. The van der Waals surface area contributed by atoms with E-state index in [9.17, 15) is 9.18 Å². The van der Waals surface area contributed by atoms with Crippen LogP contribution in [0.2, 0.25) is 0 Å². The molecule has 1 aliphatic heterocycles. The molecule has 1 fully saturated rings. The van der Waals surface area contributed by atoms with E-state index in [2.05, 4.69) is 4.99 Å². The van der Waals surface area contributed by atoms with Crippen LogP contribution in [0, 0.1) is 5.82 Å². The zero-order valence-electron chi connectivity index (χ0n) is 11.4. The van der Waals surface area contributed by atoms with Gasteiger partial charge in [0.1, 0.15) is 6.61 Å². The van der Waals surface area contributed by atoms with Gasteiger partial charge in [-0.25, -0.2) is 9.18 Å². The summed E-state index contributed by atoms with van der Waals surface area (Å²) in [4.78, 5) is 16.3. The van der Waals surface area contributed by atoms with Crippen molar-refractivity contribution in [2.24, 2.45) is 16.5 Å². The van der Waals surface area contributed by atoms with Crippen molar-refractivity contribution in [3.8, 4) is 0 Å². The molecule has 0 aromatic heterocycles. The third kappa shape index (κ3) is 4.06. The number of aliphatic imine (C=N–C) groups is 1. The third-order valence-electron chi connectivity index (χ3n) is 2.98. The topological polar surface area (TPSA) is 103 Å². The minimum Gasteiger partial charge on any atom is -0.443 e. The van der Waals surface area contributed by atoms with Gasteiger partial charge >= 0.3 is 6.09 Å². The van der Waals surface area contributed by atoms with Gasteiger partial charge in [0, 0.05) is 18.7 Å². The number of hydrogen-bond donors (Lipinski definition) is 2. The van der Waals surface area contributed by atoms with Crippen molar-refractivity contribution < 1.29 is 18.7 Å². The van der Waals surface area contributed by atoms with Gasteiger partial charge in [-0.05, 0) is 6.07 Å². The van der Waals surface area contributed by atoms with Gasteiger partial charge in [0.15, 0.2) is 11.8 Å². The molecule has 1 aromatic rings. The Labute approximate surface area is 121 Å². The second-order valence-corrected chi connectivity index (χ2v) is 4.44. The second-order valence-electron chi connectivity index (χ2n) is 4.44. The van der Waals surface area contributed by atoms with Crippen molar-refractivity contribution in [1.29, 1.82) is 0 Å². The maximum absolute atomic E-state index is 14.4. The van der Waals surface area contributed by atoms with Gasteiger partial charge in [-0.2, -0.15) is 0 Å². The first-order valence-electron chi connectivity index (χ1n) is 6.44. The van der Waals surface area contributed by atoms with E-state index in [1.54, 1.807) is 18.2 Å². The smallest absolute Gasteiger partial charge is 0.437 e. The summed E-state index contributed by atoms with van der Waals surface area (Å²) in [5, 5.41) is 0. The number of nitrogens with zero attached hydrogens (tertiary/aromatic N) is 2. The summed E-state index contributed by atoms with van der Waals surface area (Å²) in [7, 11) is 0. The molecule has 1 saturated heterocycles. The van der Waals surface area contributed by atoms with E-state index < -0.39 is 17.9 Å². The number of morpholine rings is 1. The first-order valence-corrected chi connectivity index (χ1v) is 6.44. The first-order chi connectivity index (χ1) is 10.1. The summed E-state index contributed by atoms with van der Waals surface area (Å²) in [6.45, 7) is 2.12. The molecule has 8 heteroatoms. The predicted molar refractivity (Wildman–Crippen MR) is 75.4 cm³/mol. The Hall–Kier alpha value is -2.35. The summed E-state index contributed by atoms with van der Waals surface area (Å²) in [6, 6.07) is 4.93. The molecule has 2 rings (SSSR count). The lowest BCUT2D eigenvalue weighted by molar-refractivity contribution is 0.122. The Morgan fingerprint density at radius 2 is 2.10 bits per heavy atom. The molecule has 0 saturated carbocycles. The molecule has 7 nitrogen and oxygen atoms in total. The fourth-order valence-corrected chi connectivity index (χ4v) is 2.00. The van der Waals surface area contributed by atoms with Crippen molar-refractivity contribution in [2.75, 3.05) is 31.2 Å². The molecule has 0 atom stereocenters. The van der Waals surface area contributed by atoms with E-state index >= 15 is 0 Å². The van der Waals surface area contributed by atoms with E-state index in [1.165, 1.54) is 0 Å². The normalized spacial score (nSPS) is 14.6. The summed E-state index contributed by atoms with van der Waals surface area (Å²) in [5.41, 5.74) is 10.8. The predicted octanol–water partition coefficient (Wildman–Crippen LogP) is 0.572. The van der Waals surface area contributed by atoms with E-state index in [-0.39, 0.29) is 12.2 Å². The molecular formula is C13H17FN4O3. The van der Waals surface area contributed by atoms with Gasteiger partial charge in [-0.15, -0.1) is 4.99 Å². The molecule has 114 valence electrons. The molecule has 0 spiro atoms. The molecule has 21 heavy (non-hydrogen) atoms. The standard InChI is InChI=1S/C13H17FN4O3/c14-11-9(8-21-13(19)17-12(15)16)2-1-3-10(11)18-4-6-20-7-5-18/h1-3H,4-8H2,(H4,15,16,17,19). The minimum atomic E-state index is -0.953. The summed E-state index contributed by atoms with van der Waals surface area (Å²) >= 11 is 0. The largest absolute Gasteiger partial charge is 0.443 e. The van der Waals surface area contributed by atoms with Crippen LogP contribution in [0.3, 0.4) is 0 Å². The fraction of sp³-hybridized carbons (Fsp3) is 0.385. The molecule has 0 bridgehead atoms. The lowest BCUT2D eigenvalue weighted by Gasteiger charge is -2.29. The van der Waals surface area contributed by atoms with Crippen molar-refractivity contribution in [3.63, 3.8) is 0 Å². The Morgan fingerprint density at radius 1 is 1.38 bits per heavy atom. The maximum atomic E-state index is 14.4. The van der Waals surface area contributed by atoms with E-state index in [0.29, 0.717) is 32.0 Å². The number of halogens is 1. The zero-order chi connectivity index (χ0) is 15.2.